The van der Waals surface area contributed by atoms with E-state index in [1.807, 2.05) is 24.3 Å². The van der Waals surface area contributed by atoms with E-state index in [4.69, 9.17) is 9.47 Å². The van der Waals surface area contributed by atoms with Crippen LogP contribution in [0.4, 0.5) is 0 Å². The molecule has 0 saturated heterocycles. The number of aromatic nitrogens is 2. The first-order valence-corrected chi connectivity index (χ1v) is 7.57. The molecule has 0 unspecified atom stereocenters. The summed E-state index contributed by atoms with van der Waals surface area (Å²) in [6.45, 7) is 1.69. The van der Waals surface area contributed by atoms with Gasteiger partial charge < -0.3 is 26.5 Å². The van der Waals surface area contributed by atoms with Crippen molar-refractivity contribution in [3.63, 3.8) is 0 Å². The van der Waals surface area contributed by atoms with Crippen LogP contribution in [-0.4, -0.2) is 18.8 Å². The molecule has 0 aliphatic carbocycles. The van der Waals surface area contributed by atoms with Gasteiger partial charge in [-0.3, -0.25) is 0 Å². The maximum Gasteiger partial charge on any atom is 0.244 e. The second-order valence-electron chi connectivity index (χ2n) is 5.45. The Bertz CT molecular complexity index is 688. The monoisotopic (exact) mass is 388 g/mol. The quantitative estimate of drug-likeness (QED) is 0.551. The van der Waals surface area contributed by atoms with Crippen molar-refractivity contribution in [1.82, 2.24) is 4.57 Å². The fourth-order valence-electron chi connectivity index (χ4n) is 2.51. The number of hydrogen-bond acceptors (Lipinski definition) is 2. The molecule has 3 rings (SSSR count). The maximum absolute atomic E-state index is 5.19. The third kappa shape index (κ3) is 4.61. The van der Waals surface area contributed by atoms with Gasteiger partial charge >= 0.3 is 0 Å². The van der Waals surface area contributed by atoms with Crippen LogP contribution in [0.2, 0.25) is 0 Å². The number of imidazole rings is 1. The van der Waals surface area contributed by atoms with E-state index in [1.165, 1.54) is 11.1 Å². The molecular formula is C19H21BrN2O2. The predicted molar refractivity (Wildman–Crippen MR) is 88.8 cm³/mol. The molecule has 4 nitrogen and oxygen atoms in total. The first kappa shape index (κ1) is 18.1. The first-order chi connectivity index (χ1) is 11.3. The average Bonchev–Trinajstić information content (AvgIpc) is 3.03. The molecule has 0 N–H and O–H groups in total. The maximum atomic E-state index is 5.19. The van der Waals surface area contributed by atoms with Crippen LogP contribution in [0.25, 0.3) is 0 Å². The van der Waals surface area contributed by atoms with Gasteiger partial charge in [-0.2, -0.15) is 0 Å². The summed E-state index contributed by atoms with van der Waals surface area (Å²) in [5, 5.41) is 0. The minimum atomic E-state index is 0. The summed E-state index contributed by atoms with van der Waals surface area (Å²) in [6.07, 6.45) is 6.30. The van der Waals surface area contributed by atoms with Gasteiger partial charge in [-0.15, -0.1) is 0 Å². The van der Waals surface area contributed by atoms with Gasteiger partial charge in [0.25, 0.3) is 0 Å². The van der Waals surface area contributed by atoms with Gasteiger partial charge in [-0.25, -0.2) is 9.13 Å². The van der Waals surface area contributed by atoms with Crippen LogP contribution in [-0.2, 0) is 13.1 Å². The van der Waals surface area contributed by atoms with Gasteiger partial charge in [0.05, 0.1) is 14.2 Å². The average molecular weight is 389 g/mol. The first-order valence-electron chi connectivity index (χ1n) is 7.57. The highest BCUT2D eigenvalue weighted by atomic mass is 79.9. The van der Waals surface area contributed by atoms with Crippen LogP contribution in [0.15, 0.2) is 67.3 Å². The number of nitrogens with zero attached hydrogens (tertiary/aromatic N) is 2. The summed E-state index contributed by atoms with van der Waals surface area (Å²) < 4.78 is 14.7. The smallest absolute Gasteiger partial charge is 0.244 e. The summed E-state index contributed by atoms with van der Waals surface area (Å²) in [6, 6.07) is 16.3. The number of halogens is 1. The summed E-state index contributed by atoms with van der Waals surface area (Å²) in [5.74, 6) is 1.77. The van der Waals surface area contributed by atoms with E-state index < -0.39 is 0 Å². The van der Waals surface area contributed by atoms with Crippen molar-refractivity contribution in [1.29, 1.82) is 0 Å². The van der Waals surface area contributed by atoms with E-state index in [0.717, 1.165) is 24.6 Å². The van der Waals surface area contributed by atoms with Gasteiger partial charge in [0, 0.05) is 0 Å². The zero-order chi connectivity index (χ0) is 16.1. The van der Waals surface area contributed by atoms with Crippen LogP contribution in [0.1, 0.15) is 11.1 Å². The third-order valence-electron chi connectivity index (χ3n) is 3.79. The van der Waals surface area contributed by atoms with Crippen LogP contribution >= 0.6 is 0 Å². The molecule has 1 aromatic heterocycles. The molecule has 2 aromatic carbocycles. The molecular weight excluding hydrogens is 368 g/mol. The summed E-state index contributed by atoms with van der Waals surface area (Å²) in [7, 11) is 3.37. The number of rotatable bonds is 6. The molecule has 0 spiro atoms. The Kier molecular flexibility index (Phi) is 6.44. The lowest BCUT2D eigenvalue weighted by Gasteiger charge is -2.02. The van der Waals surface area contributed by atoms with Crippen molar-refractivity contribution in [3.05, 3.63) is 78.4 Å². The number of ether oxygens (including phenoxy) is 2. The number of benzene rings is 2. The molecule has 0 aliphatic heterocycles. The van der Waals surface area contributed by atoms with E-state index >= 15 is 0 Å². The van der Waals surface area contributed by atoms with E-state index in [9.17, 15) is 0 Å². The molecule has 0 saturated carbocycles. The lowest BCUT2D eigenvalue weighted by Crippen LogP contribution is -3.00. The zero-order valence-corrected chi connectivity index (χ0v) is 15.4. The SMILES string of the molecule is COc1ccc(Cn2cc[n+](Cc3ccc(OC)cc3)c2)cc1.[Br-]. The molecule has 0 aliphatic rings. The van der Waals surface area contributed by atoms with Crippen molar-refractivity contribution in [2.45, 2.75) is 13.1 Å². The Morgan fingerprint density at radius 2 is 1.38 bits per heavy atom. The molecule has 0 bridgehead atoms. The second kappa shape index (κ2) is 8.55. The predicted octanol–water partition coefficient (Wildman–Crippen LogP) is -0.107. The van der Waals surface area contributed by atoms with Gasteiger partial charge in [0.2, 0.25) is 6.33 Å². The van der Waals surface area contributed by atoms with Crippen molar-refractivity contribution < 1.29 is 31.0 Å². The fraction of sp³-hybridized carbons (Fsp3) is 0.211. The standard InChI is InChI=1S/C19H21N2O2.BrH/c1-22-18-7-3-16(4-8-18)13-20-11-12-21(15-20)14-17-5-9-19(23-2)10-6-17;/h3-12,15H,13-14H2,1-2H3;1H/q+1;/p-1. The van der Waals surface area contributed by atoms with Gasteiger partial charge in [0.1, 0.15) is 37.0 Å². The normalized spacial score (nSPS) is 10.1. The van der Waals surface area contributed by atoms with E-state index in [0.29, 0.717) is 0 Å². The van der Waals surface area contributed by atoms with Crippen molar-refractivity contribution in [2.75, 3.05) is 14.2 Å². The Morgan fingerprint density at radius 3 is 1.92 bits per heavy atom. The highest BCUT2D eigenvalue weighted by Crippen LogP contribution is 2.13. The Labute approximate surface area is 153 Å². The zero-order valence-electron chi connectivity index (χ0n) is 13.9. The molecule has 0 atom stereocenters. The fourth-order valence-corrected chi connectivity index (χ4v) is 2.51. The molecule has 0 amide bonds. The van der Waals surface area contributed by atoms with Crippen molar-refractivity contribution >= 4 is 0 Å². The van der Waals surface area contributed by atoms with E-state index in [-0.39, 0.29) is 17.0 Å². The second-order valence-corrected chi connectivity index (χ2v) is 5.45. The van der Waals surface area contributed by atoms with E-state index in [2.05, 4.69) is 52.1 Å². The Morgan fingerprint density at radius 1 is 0.833 bits per heavy atom. The highest BCUT2D eigenvalue weighted by Gasteiger charge is 2.06. The third-order valence-corrected chi connectivity index (χ3v) is 3.79. The van der Waals surface area contributed by atoms with Crippen LogP contribution in [0, 0.1) is 0 Å². The Hall–Kier alpha value is -2.27. The molecule has 24 heavy (non-hydrogen) atoms. The summed E-state index contributed by atoms with van der Waals surface area (Å²) in [4.78, 5) is 0. The van der Waals surface area contributed by atoms with Crippen molar-refractivity contribution in [3.8, 4) is 11.5 Å². The van der Waals surface area contributed by atoms with Crippen LogP contribution in [0.5, 0.6) is 11.5 Å². The topological polar surface area (TPSA) is 27.3 Å². The largest absolute Gasteiger partial charge is 1.00 e. The molecule has 5 heteroatoms. The van der Waals surface area contributed by atoms with Gasteiger partial charge in [-0.05, 0) is 35.4 Å². The summed E-state index contributed by atoms with van der Waals surface area (Å²) >= 11 is 0. The lowest BCUT2D eigenvalue weighted by atomic mass is 10.2. The lowest BCUT2D eigenvalue weighted by molar-refractivity contribution is -0.687. The number of methoxy groups -OCH3 is 2. The molecule has 1 heterocycles. The molecule has 0 fully saturated rings. The minimum absolute atomic E-state index is 0. The molecule has 3 aromatic rings. The highest BCUT2D eigenvalue weighted by molar-refractivity contribution is 5.27. The minimum Gasteiger partial charge on any atom is -1.00 e. The van der Waals surface area contributed by atoms with Crippen molar-refractivity contribution in [2.24, 2.45) is 0 Å². The Balaban J connectivity index is 0.00000208. The molecule has 0 radical (unpaired) electrons. The van der Waals surface area contributed by atoms with Crippen LogP contribution < -0.4 is 31.0 Å². The molecule has 126 valence electrons. The summed E-state index contributed by atoms with van der Waals surface area (Å²) in [5.41, 5.74) is 2.50. The van der Waals surface area contributed by atoms with Gasteiger partial charge in [-0.1, -0.05) is 24.3 Å². The number of hydrogen-bond donors (Lipinski definition) is 0. The van der Waals surface area contributed by atoms with Crippen LogP contribution in [0.3, 0.4) is 0 Å². The van der Waals surface area contributed by atoms with E-state index in [1.54, 1.807) is 14.2 Å². The van der Waals surface area contributed by atoms with Gasteiger partial charge in [0.15, 0.2) is 0 Å².